The number of hydrogen-bond donors (Lipinski definition) is 9. The maximum Gasteiger partial charge on any atom is 0.326 e. The highest BCUT2D eigenvalue weighted by Gasteiger charge is 2.33. The molecule has 58 heavy (non-hydrogen) atoms. The summed E-state index contributed by atoms with van der Waals surface area (Å²) in [5, 5.41) is 39.0. The van der Waals surface area contributed by atoms with E-state index in [1.54, 1.807) is 58.0 Å². The predicted octanol–water partition coefficient (Wildman–Crippen LogP) is 0.629. The molecule has 1 rings (SSSR count). The highest BCUT2D eigenvalue weighted by atomic mass is 32.2. The van der Waals surface area contributed by atoms with Crippen LogP contribution in [0.1, 0.15) is 87.1 Å². The zero-order chi connectivity index (χ0) is 44.3. The molecule has 0 saturated heterocycles. The molecule has 0 bridgehead atoms. The largest absolute Gasteiger partial charge is 0.480 e. The van der Waals surface area contributed by atoms with Gasteiger partial charge in [0, 0.05) is 13.3 Å². The maximum atomic E-state index is 13.6. The lowest BCUT2D eigenvalue weighted by molar-refractivity contribution is -0.142. The highest BCUT2D eigenvalue weighted by molar-refractivity contribution is 7.98. The van der Waals surface area contributed by atoms with E-state index in [2.05, 4.69) is 37.2 Å². The van der Waals surface area contributed by atoms with E-state index in [-0.39, 0.29) is 31.1 Å². The Morgan fingerprint density at radius 1 is 0.638 bits per heavy atom. The Balaban J connectivity index is 2.94. The Morgan fingerprint density at radius 2 is 1.14 bits per heavy atom. The van der Waals surface area contributed by atoms with E-state index in [9.17, 15) is 48.6 Å². The molecule has 0 radical (unpaired) electrons. The molecule has 0 aliphatic rings. The average Bonchev–Trinajstić information content (AvgIpc) is 3.13. The number of carbonyl (C=O) groups is 8. The number of nitrogens with one attached hydrogen (secondary N) is 7. The summed E-state index contributed by atoms with van der Waals surface area (Å²) >= 11 is 1.47. The number of thioether (sulfide) groups is 1. The second kappa shape index (κ2) is 25.6. The van der Waals surface area contributed by atoms with E-state index < -0.39 is 108 Å². The van der Waals surface area contributed by atoms with Gasteiger partial charge in [-0.25, -0.2) is 4.79 Å². The van der Waals surface area contributed by atoms with Crippen molar-refractivity contribution in [2.75, 3.05) is 12.0 Å². The molecular weight excluding hydrogens is 771 g/mol. The summed E-state index contributed by atoms with van der Waals surface area (Å²) in [5.74, 6) is -5.81. The Morgan fingerprint density at radius 3 is 1.64 bits per heavy atom. The number of rotatable bonds is 25. The van der Waals surface area contributed by atoms with Crippen LogP contribution in [-0.4, -0.2) is 118 Å². The Hall–Kier alpha value is -4.71. The Kier molecular flexibility index (Phi) is 22.7. The lowest BCUT2D eigenvalue weighted by atomic mass is 9.96. The van der Waals surface area contributed by atoms with Crippen molar-refractivity contribution < 1.29 is 48.6 Å². The summed E-state index contributed by atoms with van der Waals surface area (Å²) < 4.78 is 0. The van der Waals surface area contributed by atoms with Crippen LogP contribution in [0.5, 0.6) is 0 Å². The van der Waals surface area contributed by atoms with Crippen molar-refractivity contribution in [3.8, 4) is 0 Å². The molecule has 7 amide bonds. The summed E-state index contributed by atoms with van der Waals surface area (Å²) in [7, 11) is 0. The van der Waals surface area contributed by atoms with Crippen molar-refractivity contribution in [2.24, 2.45) is 17.8 Å². The number of aliphatic carboxylic acids is 1. The van der Waals surface area contributed by atoms with Crippen LogP contribution < -0.4 is 37.2 Å². The van der Waals surface area contributed by atoms with Crippen molar-refractivity contribution in [2.45, 2.75) is 136 Å². The van der Waals surface area contributed by atoms with Crippen LogP contribution in [0.15, 0.2) is 30.3 Å². The van der Waals surface area contributed by atoms with Gasteiger partial charge in [-0.3, -0.25) is 33.6 Å². The van der Waals surface area contributed by atoms with Crippen LogP contribution in [0.2, 0.25) is 0 Å². The van der Waals surface area contributed by atoms with Crippen LogP contribution in [0.4, 0.5) is 0 Å². The van der Waals surface area contributed by atoms with Gasteiger partial charge in [0.05, 0.1) is 18.6 Å². The van der Waals surface area contributed by atoms with Crippen molar-refractivity contribution in [1.82, 2.24) is 37.2 Å². The monoisotopic (exact) mass is 835 g/mol. The molecule has 0 unspecified atom stereocenters. The van der Waals surface area contributed by atoms with Gasteiger partial charge in [0.15, 0.2) is 0 Å². The smallest absolute Gasteiger partial charge is 0.326 e. The van der Waals surface area contributed by atoms with Crippen LogP contribution in [0.25, 0.3) is 0 Å². The summed E-state index contributed by atoms with van der Waals surface area (Å²) in [4.78, 5) is 103. The van der Waals surface area contributed by atoms with Gasteiger partial charge < -0.3 is 47.4 Å². The molecular formula is C40H65N7O10S. The molecule has 1 aromatic carbocycles. The van der Waals surface area contributed by atoms with Gasteiger partial charge in [0.1, 0.15) is 36.3 Å². The molecule has 0 fully saturated rings. The zero-order valence-electron chi connectivity index (χ0n) is 35.3. The van der Waals surface area contributed by atoms with Crippen LogP contribution in [0, 0.1) is 17.8 Å². The SMILES string of the molecule is CSCC[C@H](NC(=O)[C@@H](NC(C)=O)C(C)C)C(=O)N[C@@H](CC(C)C)[C@@H](O)CC(=O)N[C@H](C(=O)N[C@@H](C)C(=O)N[C@@H](C)C(=O)N[C@@H](Cc1ccccc1)C(=O)O)C(C)C. The molecule has 326 valence electrons. The first-order valence-corrected chi connectivity index (χ1v) is 21.0. The standard InChI is InChI=1S/C40H65N7O10S/c1-21(2)18-29(45-37(53)28(16-17-58-10)44-39(55)33(22(3)4)43-26(9)48)31(49)20-32(50)47-34(23(5)6)38(54)42-24(7)35(51)41-25(8)36(52)46-30(40(56)57)19-27-14-12-11-13-15-27/h11-15,21-25,28-31,33-34,49H,16-20H2,1-10H3,(H,41,51)(H,42,54)(H,43,48)(H,44,55)(H,45,53)(H,46,52)(H,47,50)(H,56,57)/t24-,25-,28-,29-,30-,31-,33-,34-/m0/s1. The van der Waals surface area contributed by atoms with Crippen LogP contribution in [0.3, 0.4) is 0 Å². The molecule has 8 atom stereocenters. The fourth-order valence-electron chi connectivity index (χ4n) is 5.84. The summed E-state index contributed by atoms with van der Waals surface area (Å²) in [6, 6.07) is 1.28. The van der Waals surface area contributed by atoms with E-state index in [4.69, 9.17) is 0 Å². The summed E-state index contributed by atoms with van der Waals surface area (Å²) in [6.45, 7) is 14.7. The molecule has 0 aliphatic heterocycles. The summed E-state index contributed by atoms with van der Waals surface area (Å²) in [6.07, 6.45) is 0.560. The van der Waals surface area contributed by atoms with Gasteiger partial charge in [-0.15, -0.1) is 0 Å². The Bertz CT molecular complexity index is 1540. The van der Waals surface area contributed by atoms with Gasteiger partial charge in [0.2, 0.25) is 41.4 Å². The minimum absolute atomic E-state index is 0.0177. The average molecular weight is 836 g/mol. The third-order valence-electron chi connectivity index (χ3n) is 9.13. The minimum Gasteiger partial charge on any atom is -0.480 e. The molecule has 0 saturated carbocycles. The highest BCUT2D eigenvalue weighted by Crippen LogP contribution is 2.14. The summed E-state index contributed by atoms with van der Waals surface area (Å²) in [5.41, 5.74) is 0.695. The normalized spacial score (nSPS) is 15.4. The van der Waals surface area contributed by atoms with E-state index in [1.165, 1.54) is 32.5 Å². The lowest BCUT2D eigenvalue weighted by Crippen LogP contribution is -2.58. The third-order valence-corrected chi connectivity index (χ3v) is 9.77. The number of amides is 7. The van der Waals surface area contributed by atoms with Gasteiger partial charge in [-0.05, 0) is 62.0 Å². The fraction of sp³-hybridized carbons (Fsp3) is 0.650. The van der Waals surface area contributed by atoms with Crippen molar-refractivity contribution >= 4 is 59.1 Å². The second-order valence-corrected chi connectivity index (χ2v) is 16.6. The van der Waals surface area contributed by atoms with Gasteiger partial charge in [0.25, 0.3) is 0 Å². The first kappa shape index (κ1) is 51.3. The first-order chi connectivity index (χ1) is 27.1. The molecule has 9 N–H and O–H groups in total. The molecule has 0 aliphatic carbocycles. The molecule has 0 heterocycles. The van der Waals surface area contributed by atoms with Crippen molar-refractivity contribution in [3.63, 3.8) is 0 Å². The number of aliphatic hydroxyl groups is 1. The molecule has 0 aromatic heterocycles. The predicted molar refractivity (Wildman–Crippen MR) is 221 cm³/mol. The number of carbonyl (C=O) groups excluding carboxylic acids is 7. The molecule has 0 spiro atoms. The van der Waals surface area contributed by atoms with E-state index in [0.717, 1.165) is 0 Å². The van der Waals surface area contributed by atoms with Crippen LogP contribution >= 0.6 is 11.8 Å². The number of hydrogen-bond acceptors (Lipinski definition) is 10. The number of benzene rings is 1. The quantitative estimate of drug-likeness (QED) is 0.0660. The first-order valence-electron chi connectivity index (χ1n) is 19.6. The number of carboxylic acids is 1. The number of carboxylic acid groups (broad SMARTS) is 1. The molecule has 1 aromatic rings. The lowest BCUT2D eigenvalue weighted by Gasteiger charge is -2.30. The Labute approximate surface area is 346 Å². The maximum absolute atomic E-state index is 13.6. The molecule has 17 nitrogen and oxygen atoms in total. The van der Waals surface area contributed by atoms with Gasteiger partial charge in [-0.2, -0.15) is 11.8 Å². The van der Waals surface area contributed by atoms with E-state index >= 15 is 0 Å². The third kappa shape index (κ3) is 18.7. The fourth-order valence-corrected chi connectivity index (χ4v) is 6.31. The van der Waals surface area contributed by atoms with Crippen molar-refractivity contribution in [1.29, 1.82) is 0 Å². The van der Waals surface area contributed by atoms with Gasteiger partial charge in [-0.1, -0.05) is 71.9 Å². The molecule has 18 heteroatoms. The van der Waals surface area contributed by atoms with E-state index in [1.807, 2.05) is 20.1 Å². The van der Waals surface area contributed by atoms with Gasteiger partial charge >= 0.3 is 5.97 Å². The minimum atomic E-state index is -1.38. The zero-order valence-corrected chi connectivity index (χ0v) is 36.2. The van der Waals surface area contributed by atoms with Crippen molar-refractivity contribution in [3.05, 3.63) is 35.9 Å². The van der Waals surface area contributed by atoms with E-state index in [0.29, 0.717) is 11.3 Å². The second-order valence-electron chi connectivity index (χ2n) is 15.6. The van der Waals surface area contributed by atoms with Crippen LogP contribution in [-0.2, 0) is 44.8 Å². The number of aliphatic hydroxyl groups excluding tert-OH is 1. The topological polar surface area (TPSA) is 261 Å².